The van der Waals surface area contributed by atoms with E-state index in [1.54, 1.807) is 6.07 Å². The van der Waals surface area contributed by atoms with Gasteiger partial charge >= 0.3 is 11.9 Å². The van der Waals surface area contributed by atoms with E-state index in [9.17, 15) is 19.8 Å². The predicted octanol–water partition coefficient (Wildman–Crippen LogP) is 1.38. The number of aliphatic carboxylic acids is 2. The van der Waals surface area contributed by atoms with Crippen LogP contribution in [0.4, 0.5) is 0 Å². The Labute approximate surface area is 97.9 Å². The minimum absolute atomic E-state index is 0.0185. The Balaban J connectivity index is 3.59. The van der Waals surface area contributed by atoms with Gasteiger partial charge in [0, 0.05) is 0 Å². The van der Waals surface area contributed by atoms with Gasteiger partial charge in [0.2, 0.25) is 0 Å². The maximum absolute atomic E-state index is 11.3. The molecule has 0 aliphatic carbocycles. The summed E-state index contributed by atoms with van der Waals surface area (Å²) in [5.74, 6) is -2.93. The first-order valence-corrected chi connectivity index (χ1v) is 4.97. The molecule has 0 unspecified atom stereocenters. The molecule has 5 heteroatoms. The summed E-state index contributed by atoms with van der Waals surface area (Å²) in [6, 6.07) is 7.67. The van der Waals surface area contributed by atoms with Crippen molar-refractivity contribution in [3.05, 3.63) is 35.4 Å². The molecule has 0 aromatic heterocycles. The summed E-state index contributed by atoms with van der Waals surface area (Å²) in [7, 11) is 0. The number of carbonyl (C=O) groups is 2. The summed E-state index contributed by atoms with van der Waals surface area (Å²) in [6.07, 6.45) is -0.129. The quantitative estimate of drug-likeness (QED) is 0.765. The first-order valence-electron chi connectivity index (χ1n) is 4.97. The molecule has 0 radical (unpaired) electrons. The lowest BCUT2D eigenvalue weighted by molar-refractivity contribution is -0.157. The highest BCUT2D eigenvalue weighted by Gasteiger charge is 2.48. The van der Waals surface area contributed by atoms with Crippen LogP contribution in [0.2, 0.25) is 0 Å². The van der Waals surface area contributed by atoms with Gasteiger partial charge in [0.05, 0.1) is 11.6 Å². The van der Waals surface area contributed by atoms with Gasteiger partial charge in [-0.2, -0.15) is 5.26 Å². The molecule has 0 amide bonds. The third-order valence-electron chi connectivity index (χ3n) is 2.77. The number of rotatable bonds is 4. The molecule has 1 aromatic rings. The van der Waals surface area contributed by atoms with Crippen LogP contribution in [0.15, 0.2) is 24.3 Å². The third kappa shape index (κ3) is 1.85. The molecule has 0 fully saturated rings. The third-order valence-corrected chi connectivity index (χ3v) is 2.77. The summed E-state index contributed by atoms with van der Waals surface area (Å²) in [4.78, 5) is 22.5. The van der Waals surface area contributed by atoms with Gasteiger partial charge in [-0.1, -0.05) is 25.1 Å². The Morgan fingerprint density at radius 3 is 2.24 bits per heavy atom. The van der Waals surface area contributed by atoms with Crippen molar-refractivity contribution in [3.8, 4) is 6.07 Å². The molecule has 1 aromatic carbocycles. The van der Waals surface area contributed by atoms with E-state index in [0.717, 1.165) is 0 Å². The van der Waals surface area contributed by atoms with Gasteiger partial charge in [-0.05, 0) is 18.1 Å². The van der Waals surface area contributed by atoms with Gasteiger partial charge in [-0.25, -0.2) is 0 Å². The molecule has 17 heavy (non-hydrogen) atoms. The van der Waals surface area contributed by atoms with Gasteiger partial charge in [-0.3, -0.25) is 9.59 Å². The van der Waals surface area contributed by atoms with E-state index in [-0.39, 0.29) is 17.5 Å². The highest BCUT2D eigenvalue weighted by molar-refractivity contribution is 6.05. The number of nitrogens with zero attached hydrogens (tertiary/aromatic N) is 1. The lowest BCUT2D eigenvalue weighted by atomic mass is 9.76. The molecule has 2 N–H and O–H groups in total. The largest absolute Gasteiger partial charge is 0.480 e. The molecular weight excluding hydrogens is 222 g/mol. The van der Waals surface area contributed by atoms with Crippen molar-refractivity contribution in [1.82, 2.24) is 0 Å². The summed E-state index contributed by atoms with van der Waals surface area (Å²) < 4.78 is 0. The average molecular weight is 233 g/mol. The highest BCUT2D eigenvalue weighted by Crippen LogP contribution is 2.31. The maximum atomic E-state index is 11.3. The smallest absolute Gasteiger partial charge is 0.325 e. The van der Waals surface area contributed by atoms with E-state index >= 15 is 0 Å². The van der Waals surface area contributed by atoms with E-state index in [1.807, 2.05) is 6.07 Å². The van der Waals surface area contributed by atoms with Crippen LogP contribution < -0.4 is 0 Å². The van der Waals surface area contributed by atoms with Crippen LogP contribution in [0, 0.1) is 11.3 Å². The van der Waals surface area contributed by atoms with Crippen LogP contribution in [0.3, 0.4) is 0 Å². The number of benzene rings is 1. The van der Waals surface area contributed by atoms with Gasteiger partial charge in [-0.15, -0.1) is 0 Å². The van der Waals surface area contributed by atoms with Gasteiger partial charge < -0.3 is 10.2 Å². The molecule has 0 heterocycles. The summed E-state index contributed by atoms with van der Waals surface area (Å²) in [5.41, 5.74) is -1.98. The Morgan fingerprint density at radius 1 is 1.29 bits per heavy atom. The zero-order valence-corrected chi connectivity index (χ0v) is 9.17. The highest BCUT2D eigenvalue weighted by atomic mass is 16.4. The molecule has 0 spiro atoms. The van der Waals surface area contributed by atoms with Crippen LogP contribution in [0.1, 0.15) is 24.5 Å². The topological polar surface area (TPSA) is 98.4 Å². The first-order chi connectivity index (χ1) is 8.00. The van der Waals surface area contributed by atoms with Crippen LogP contribution in [0.5, 0.6) is 0 Å². The molecule has 0 atom stereocenters. The zero-order valence-electron chi connectivity index (χ0n) is 9.17. The number of carboxylic acids is 2. The number of carboxylic acid groups (broad SMARTS) is 2. The fraction of sp³-hybridized carbons (Fsp3) is 0.250. The number of hydrogen-bond acceptors (Lipinski definition) is 3. The van der Waals surface area contributed by atoms with E-state index in [1.165, 1.54) is 25.1 Å². The number of hydrogen-bond donors (Lipinski definition) is 2. The van der Waals surface area contributed by atoms with Crippen LogP contribution in [0.25, 0.3) is 0 Å². The van der Waals surface area contributed by atoms with Crippen molar-refractivity contribution < 1.29 is 19.8 Å². The Morgan fingerprint density at radius 2 is 1.82 bits per heavy atom. The standard InChI is InChI=1S/C12H11NO4/c1-2-12(10(14)15,11(16)17)9-6-4-3-5-8(9)7-13/h3-6H,2H2,1H3,(H,14,15)(H,16,17). The first kappa shape index (κ1) is 12.7. The normalized spacial score (nSPS) is 10.6. The van der Waals surface area contributed by atoms with Crippen molar-refractivity contribution in [1.29, 1.82) is 5.26 Å². The lowest BCUT2D eigenvalue weighted by Gasteiger charge is -2.24. The van der Waals surface area contributed by atoms with Crippen molar-refractivity contribution in [2.24, 2.45) is 0 Å². The molecule has 0 aliphatic rings. The Hall–Kier alpha value is -2.35. The summed E-state index contributed by atoms with van der Waals surface area (Å²) >= 11 is 0. The van der Waals surface area contributed by atoms with E-state index in [0.29, 0.717) is 0 Å². The fourth-order valence-electron chi connectivity index (χ4n) is 1.77. The lowest BCUT2D eigenvalue weighted by Crippen LogP contribution is -2.43. The molecule has 0 aliphatic heterocycles. The Kier molecular flexibility index (Phi) is 3.49. The van der Waals surface area contributed by atoms with E-state index in [4.69, 9.17) is 5.26 Å². The molecule has 88 valence electrons. The van der Waals surface area contributed by atoms with Crippen LogP contribution in [-0.2, 0) is 15.0 Å². The number of nitriles is 1. The van der Waals surface area contributed by atoms with Crippen LogP contribution in [-0.4, -0.2) is 22.2 Å². The fourth-order valence-corrected chi connectivity index (χ4v) is 1.77. The molecule has 0 saturated carbocycles. The second kappa shape index (κ2) is 4.66. The van der Waals surface area contributed by atoms with Gasteiger partial charge in [0.15, 0.2) is 5.41 Å². The molecular formula is C12H11NO4. The monoisotopic (exact) mass is 233 g/mol. The van der Waals surface area contributed by atoms with Crippen molar-refractivity contribution in [3.63, 3.8) is 0 Å². The van der Waals surface area contributed by atoms with E-state index in [2.05, 4.69) is 0 Å². The SMILES string of the molecule is CCC(C(=O)O)(C(=O)O)c1ccccc1C#N. The zero-order chi connectivity index (χ0) is 13.1. The average Bonchev–Trinajstić information content (AvgIpc) is 2.30. The minimum Gasteiger partial charge on any atom is -0.480 e. The molecule has 5 nitrogen and oxygen atoms in total. The Bertz CT molecular complexity index is 487. The molecule has 0 bridgehead atoms. The van der Waals surface area contributed by atoms with Crippen molar-refractivity contribution >= 4 is 11.9 Å². The second-order valence-corrected chi connectivity index (χ2v) is 3.53. The van der Waals surface area contributed by atoms with Crippen LogP contribution >= 0.6 is 0 Å². The van der Waals surface area contributed by atoms with Gasteiger partial charge in [0.1, 0.15) is 0 Å². The summed E-state index contributed by atoms with van der Waals surface area (Å²) in [5, 5.41) is 27.3. The second-order valence-electron chi connectivity index (χ2n) is 3.53. The minimum atomic E-state index is -2.06. The maximum Gasteiger partial charge on any atom is 0.325 e. The molecule has 1 rings (SSSR count). The van der Waals surface area contributed by atoms with E-state index < -0.39 is 17.4 Å². The predicted molar refractivity (Wildman–Crippen MR) is 58.4 cm³/mol. The summed E-state index contributed by atoms with van der Waals surface area (Å²) in [6.45, 7) is 1.47. The van der Waals surface area contributed by atoms with Crippen molar-refractivity contribution in [2.45, 2.75) is 18.8 Å². The van der Waals surface area contributed by atoms with Crippen molar-refractivity contribution in [2.75, 3.05) is 0 Å². The molecule has 0 saturated heterocycles. The van der Waals surface area contributed by atoms with Gasteiger partial charge in [0.25, 0.3) is 0 Å².